The third-order valence-electron chi connectivity index (χ3n) is 6.88. The van der Waals surface area contributed by atoms with E-state index in [0.29, 0.717) is 30.8 Å². The van der Waals surface area contributed by atoms with Gasteiger partial charge in [0.25, 0.3) is 5.91 Å². The molecule has 0 saturated heterocycles. The monoisotopic (exact) mass is 499 g/mol. The molecule has 2 aliphatic rings. The van der Waals surface area contributed by atoms with E-state index in [1.165, 1.54) is 6.42 Å². The summed E-state index contributed by atoms with van der Waals surface area (Å²) in [7, 11) is 5.64. The van der Waals surface area contributed by atoms with E-state index in [4.69, 9.17) is 4.74 Å². The minimum atomic E-state index is -0.384. The van der Waals surface area contributed by atoms with Crippen molar-refractivity contribution in [1.82, 2.24) is 25.0 Å². The van der Waals surface area contributed by atoms with E-state index in [1.54, 1.807) is 29.1 Å². The van der Waals surface area contributed by atoms with Gasteiger partial charge < -0.3 is 25.0 Å². The Morgan fingerprint density at radius 3 is 2.69 bits per heavy atom. The van der Waals surface area contributed by atoms with Crippen LogP contribution in [0.15, 0.2) is 12.3 Å². The van der Waals surface area contributed by atoms with Crippen molar-refractivity contribution in [3.63, 3.8) is 0 Å². The Kier molecular flexibility index (Phi) is 9.97. The summed E-state index contributed by atoms with van der Waals surface area (Å²) in [4.78, 5) is 36.1. The number of hydrogen-bond donors (Lipinski definition) is 2. The van der Waals surface area contributed by atoms with Crippen LogP contribution in [0.2, 0.25) is 0 Å². The molecule has 1 aromatic heterocycles. The maximum Gasteiger partial charge on any atom is 0.317 e. The maximum absolute atomic E-state index is 13.5. The number of aliphatic hydroxyl groups excluding tert-OH is 1. The standard InChI is InChI=1S/C27H41N5O4/c1-19-16-32(20(2)18-33)26(34)23-14-21(10-9-13-30(3)4)15-28-25(23)36-24(19)17-31(5)27(35)29-22-11-7-6-8-12-22/h14-15,19-20,22,24,33H,6-8,11-13,16-18H2,1-5H3,(H,29,35)/t19-,20+,24+/m1/s1. The average molecular weight is 500 g/mol. The zero-order valence-electron chi connectivity index (χ0n) is 22.3. The van der Waals surface area contributed by atoms with Crippen LogP contribution < -0.4 is 10.1 Å². The number of urea groups is 1. The highest BCUT2D eigenvalue weighted by atomic mass is 16.5. The molecule has 0 bridgehead atoms. The number of nitrogens with one attached hydrogen (secondary N) is 1. The Hall–Kier alpha value is -2.83. The normalized spacial score (nSPS) is 21.4. The molecule has 2 heterocycles. The molecule has 9 heteroatoms. The van der Waals surface area contributed by atoms with Crippen molar-refractivity contribution in [2.45, 2.75) is 64.1 Å². The molecule has 1 fully saturated rings. The van der Waals surface area contributed by atoms with E-state index in [9.17, 15) is 14.7 Å². The van der Waals surface area contributed by atoms with Crippen molar-refractivity contribution >= 4 is 11.9 Å². The first kappa shape index (κ1) is 27.8. The van der Waals surface area contributed by atoms with Crippen molar-refractivity contribution in [2.75, 3.05) is 47.4 Å². The Labute approximate surface area is 215 Å². The van der Waals surface area contributed by atoms with Crippen LogP contribution >= 0.6 is 0 Å². The number of rotatable bonds is 6. The van der Waals surface area contributed by atoms with Crippen molar-refractivity contribution in [3.05, 3.63) is 23.4 Å². The Balaban J connectivity index is 1.83. The van der Waals surface area contributed by atoms with Crippen LogP contribution in [0.25, 0.3) is 0 Å². The molecule has 198 valence electrons. The van der Waals surface area contributed by atoms with Crippen molar-refractivity contribution in [2.24, 2.45) is 5.92 Å². The van der Waals surface area contributed by atoms with E-state index in [0.717, 1.165) is 25.7 Å². The fraction of sp³-hybridized carbons (Fsp3) is 0.667. The summed E-state index contributed by atoms with van der Waals surface area (Å²) in [5.41, 5.74) is 0.941. The number of aromatic nitrogens is 1. The summed E-state index contributed by atoms with van der Waals surface area (Å²) >= 11 is 0. The highest BCUT2D eigenvalue weighted by Crippen LogP contribution is 2.27. The van der Waals surface area contributed by atoms with Crippen LogP contribution in [0.1, 0.15) is 61.9 Å². The van der Waals surface area contributed by atoms with Crippen LogP contribution in [-0.2, 0) is 0 Å². The van der Waals surface area contributed by atoms with Gasteiger partial charge in [0.05, 0.1) is 25.7 Å². The quantitative estimate of drug-likeness (QED) is 0.583. The number of carbonyl (C=O) groups excluding carboxylic acids is 2. The van der Waals surface area contributed by atoms with Gasteiger partial charge in [-0.05, 0) is 39.9 Å². The van der Waals surface area contributed by atoms with E-state index in [2.05, 4.69) is 22.1 Å². The smallest absolute Gasteiger partial charge is 0.317 e. The summed E-state index contributed by atoms with van der Waals surface area (Å²) in [5.74, 6) is 6.00. The molecule has 1 aliphatic heterocycles. The van der Waals surface area contributed by atoms with Gasteiger partial charge in [0, 0.05) is 37.3 Å². The molecule has 3 amide bonds. The zero-order chi connectivity index (χ0) is 26.2. The number of carbonyl (C=O) groups is 2. The maximum atomic E-state index is 13.5. The number of hydrogen-bond acceptors (Lipinski definition) is 6. The molecule has 1 aromatic rings. The summed E-state index contributed by atoms with van der Waals surface area (Å²) in [5, 5.41) is 13.0. The molecule has 0 radical (unpaired) electrons. The van der Waals surface area contributed by atoms with Crippen LogP contribution in [0.3, 0.4) is 0 Å². The predicted octanol–water partition coefficient (Wildman–Crippen LogP) is 2.19. The topological polar surface area (TPSA) is 98.2 Å². The van der Waals surface area contributed by atoms with E-state index >= 15 is 0 Å². The lowest BCUT2D eigenvalue weighted by molar-refractivity contribution is 0.0351. The van der Waals surface area contributed by atoms with Crippen LogP contribution in [0.5, 0.6) is 5.88 Å². The van der Waals surface area contributed by atoms with E-state index in [-0.39, 0.29) is 48.5 Å². The van der Waals surface area contributed by atoms with Gasteiger partial charge in [0.2, 0.25) is 5.88 Å². The zero-order valence-corrected chi connectivity index (χ0v) is 22.3. The fourth-order valence-electron chi connectivity index (χ4n) is 4.57. The number of likely N-dealkylation sites (N-methyl/N-ethyl adjacent to an activating group) is 1. The molecular formula is C27H41N5O4. The summed E-state index contributed by atoms with van der Waals surface area (Å²) < 4.78 is 6.29. The Morgan fingerprint density at radius 2 is 2.03 bits per heavy atom. The minimum Gasteiger partial charge on any atom is -0.472 e. The lowest BCUT2D eigenvalue weighted by Gasteiger charge is -2.38. The first-order valence-electron chi connectivity index (χ1n) is 12.9. The second-order valence-electron chi connectivity index (χ2n) is 10.4. The molecule has 3 atom stereocenters. The third-order valence-corrected chi connectivity index (χ3v) is 6.88. The molecule has 3 rings (SSSR count). The van der Waals surface area contributed by atoms with Crippen molar-refractivity contribution in [1.29, 1.82) is 0 Å². The molecular weight excluding hydrogens is 458 g/mol. The number of ether oxygens (including phenoxy) is 1. The van der Waals surface area contributed by atoms with Gasteiger partial charge in [-0.1, -0.05) is 38.0 Å². The molecule has 36 heavy (non-hydrogen) atoms. The van der Waals surface area contributed by atoms with Crippen molar-refractivity contribution in [3.8, 4) is 17.7 Å². The summed E-state index contributed by atoms with van der Waals surface area (Å²) in [6.07, 6.45) is 6.78. The largest absolute Gasteiger partial charge is 0.472 e. The van der Waals surface area contributed by atoms with Crippen LogP contribution in [-0.4, -0.2) is 102 Å². The molecule has 0 unspecified atom stereocenters. The number of amides is 3. The SMILES string of the molecule is C[C@@H]1CN([C@@H](C)CO)C(=O)c2cc(C#CCN(C)C)cnc2O[C@H]1CN(C)C(=O)NC1CCCCC1. The lowest BCUT2D eigenvalue weighted by Crippen LogP contribution is -2.52. The highest BCUT2D eigenvalue weighted by Gasteiger charge is 2.35. The lowest BCUT2D eigenvalue weighted by atomic mass is 9.96. The first-order valence-corrected chi connectivity index (χ1v) is 12.9. The average Bonchev–Trinajstić information content (AvgIpc) is 2.86. The van der Waals surface area contributed by atoms with Crippen LogP contribution in [0.4, 0.5) is 4.79 Å². The third kappa shape index (κ3) is 7.34. The second-order valence-corrected chi connectivity index (χ2v) is 10.4. The van der Waals surface area contributed by atoms with Gasteiger partial charge >= 0.3 is 6.03 Å². The molecule has 1 aliphatic carbocycles. The molecule has 0 spiro atoms. The van der Waals surface area contributed by atoms with Gasteiger partial charge in [-0.2, -0.15) is 0 Å². The van der Waals surface area contributed by atoms with Gasteiger partial charge in [0.1, 0.15) is 11.7 Å². The van der Waals surface area contributed by atoms with Gasteiger partial charge in [0.15, 0.2) is 0 Å². The van der Waals surface area contributed by atoms with Gasteiger partial charge in [-0.15, -0.1) is 0 Å². The minimum absolute atomic E-state index is 0.0950. The Morgan fingerprint density at radius 1 is 1.31 bits per heavy atom. The van der Waals surface area contributed by atoms with Crippen molar-refractivity contribution < 1.29 is 19.4 Å². The number of nitrogens with zero attached hydrogens (tertiary/aromatic N) is 4. The highest BCUT2D eigenvalue weighted by molar-refractivity contribution is 5.97. The van der Waals surface area contributed by atoms with Gasteiger partial charge in [-0.25, -0.2) is 9.78 Å². The summed E-state index contributed by atoms with van der Waals surface area (Å²) in [6.45, 7) is 4.98. The number of aliphatic hydroxyl groups is 1. The number of fused-ring (bicyclic) bond motifs is 1. The molecule has 0 aromatic carbocycles. The molecule has 2 N–H and O–H groups in total. The summed E-state index contributed by atoms with van der Waals surface area (Å²) in [6, 6.07) is 1.44. The predicted molar refractivity (Wildman–Crippen MR) is 139 cm³/mol. The van der Waals surface area contributed by atoms with E-state index in [1.807, 2.05) is 32.8 Å². The fourth-order valence-corrected chi connectivity index (χ4v) is 4.57. The first-order chi connectivity index (χ1) is 17.2. The second kappa shape index (κ2) is 12.9. The Bertz CT molecular complexity index is 967. The molecule has 1 saturated carbocycles. The number of pyridine rings is 1. The molecule has 9 nitrogen and oxygen atoms in total. The van der Waals surface area contributed by atoms with Crippen LogP contribution in [0, 0.1) is 17.8 Å². The van der Waals surface area contributed by atoms with E-state index < -0.39 is 0 Å². The van der Waals surface area contributed by atoms with Gasteiger partial charge in [-0.3, -0.25) is 9.69 Å².